The molecule has 10 heavy (non-hydrogen) atoms. The van der Waals surface area contributed by atoms with Gasteiger partial charge >= 0.3 is 0 Å². The molecule has 0 amide bonds. The van der Waals surface area contributed by atoms with Crippen LogP contribution in [0.25, 0.3) is 0 Å². The van der Waals surface area contributed by atoms with E-state index in [-0.39, 0.29) is 0 Å². The Labute approximate surface area is 62.0 Å². The standard InChI is InChI=1S/C8H15NO/c10-8-4-2-1-3-6-9-7-5-8/h9H,1-7H2. The van der Waals surface area contributed by atoms with E-state index in [0.717, 1.165) is 32.4 Å². The van der Waals surface area contributed by atoms with Crippen LogP contribution in [-0.4, -0.2) is 18.9 Å². The summed E-state index contributed by atoms with van der Waals surface area (Å²) >= 11 is 0. The van der Waals surface area contributed by atoms with E-state index in [1.54, 1.807) is 0 Å². The minimum absolute atomic E-state index is 0.425. The van der Waals surface area contributed by atoms with Gasteiger partial charge in [0.25, 0.3) is 0 Å². The van der Waals surface area contributed by atoms with Crippen LogP contribution in [0, 0.1) is 0 Å². The predicted molar refractivity (Wildman–Crippen MR) is 41.0 cm³/mol. The predicted octanol–water partition coefficient (Wildman–Crippen LogP) is 1.11. The molecule has 1 aliphatic heterocycles. The van der Waals surface area contributed by atoms with Crippen molar-refractivity contribution in [2.45, 2.75) is 32.1 Å². The Kier molecular flexibility index (Phi) is 3.44. The zero-order valence-corrected chi connectivity index (χ0v) is 6.36. The molecule has 0 aromatic heterocycles. The van der Waals surface area contributed by atoms with Gasteiger partial charge in [0.1, 0.15) is 5.78 Å². The fourth-order valence-electron chi connectivity index (χ4n) is 1.23. The van der Waals surface area contributed by atoms with Crippen molar-refractivity contribution in [2.75, 3.05) is 13.1 Å². The number of carbonyl (C=O) groups excluding carboxylic acids is 1. The van der Waals surface area contributed by atoms with Crippen LogP contribution in [0.2, 0.25) is 0 Å². The first kappa shape index (κ1) is 7.73. The maximum Gasteiger partial charge on any atom is 0.134 e. The summed E-state index contributed by atoms with van der Waals surface area (Å²) in [5.41, 5.74) is 0. The first-order valence-electron chi connectivity index (χ1n) is 4.12. The Hall–Kier alpha value is -0.370. The SMILES string of the molecule is O=C1CCCCCNCC1. The molecule has 0 aromatic carbocycles. The summed E-state index contributed by atoms with van der Waals surface area (Å²) in [6.07, 6.45) is 5.08. The molecule has 0 spiro atoms. The van der Waals surface area contributed by atoms with Gasteiger partial charge in [-0.25, -0.2) is 0 Å². The van der Waals surface area contributed by atoms with E-state index >= 15 is 0 Å². The molecule has 1 N–H and O–H groups in total. The highest BCUT2D eigenvalue weighted by Gasteiger charge is 2.03. The summed E-state index contributed by atoms with van der Waals surface area (Å²) in [6, 6.07) is 0. The summed E-state index contributed by atoms with van der Waals surface area (Å²) in [5.74, 6) is 0.425. The average Bonchev–Trinajstić information content (AvgIpc) is 2.02. The van der Waals surface area contributed by atoms with Gasteiger partial charge in [0, 0.05) is 19.4 Å². The molecule has 1 saturated heterocycles. The normalized spacial score (nSPS) is 23.0. The molecule has 1 rings (SSSR count). The van der Waals surface area contributed by atoms with E-state index < -0.39 is 0 Å². The van der Waals surface area contributed by atoms with Crippen LogP contribution >= 0.6 is 0 Å². The van der Waals surface area contributed by atoms with E-state index in [2.05, 4.69) is 5.32 Å². The Bertz CT molecular complexity index is 99.8. The van der Waals surface area contributed by atoms with E-state index in [4.69, 9.17) is 0 Å². The number of carbonyl (C=O) groups is 1. The molecule has 0 aliphatic carbocycles. The van der Waals surface area contributed by atoms with Gasteiger partial charge in [0.15, 0.2) is 0 Å². The van der Waals surface area contributed by atoms with Gasteiger partial charge in [-0.05, 0) is 19.4 Å². The highest BCUT2D eigenvalue weighted by atomic mass is 16.1. The lowest BCUT2D eigenvalue weighted by molar-refractivity contribution is -0.119. The van der Waals surface area contributed by atoms with Crippen molar-refractivity contribution in [1.82, 2.24) is 5.32 Å². The smallest absolute Gasteiger partial charge is 0.134 e. The van der Waals surface area contributed by atoms with E-state index in [9.17, 15) is 4.79 Å². The fourth-order valence-corrected chi connectivity index (χ4v) is 1.23. The van der Waals surface area contributed by atoms with Gasteiger partial charge in [0.05, 0.1) is 0 Å². The molecule has 2 heteroatoms. The van der Waals surface area contributed by atoms with E-state index in [0.29, 0.717) is 5.78 Å². The van der Waals surface area contributed by atoms with Gasteiger partial charge < -0.3 is 5.32 Å². The minimum atomic E-state index is 0.425. The molecule has 0 aromatic rings. The maximum absolute atomic E-state index is 10.9. The monoisotopic (exact) mass is 141 g/mol. The molecule has 0 bridgehead atoms. The van der Waals surface area contributed by atoms with Crippen molar-refractivity contribution in [1.29, 1.82) is 0 Å². The number of rotatable bonds is 0. The van der Waals surface area contributed by atoms with E-state index in [1.165, 1.54) is 12.8 Å². The number of ketones is 1. The molecule has 1 heterocycles. The van der Waals surface area contributed by atoms with Crippen molar-refractivity contribution >= 4 is 5.78 Å². The molecular weight excluding hydrogens is 126 g/mol. The largest absolute Gasteiger partial charge is 0.316 e. The third-order valence-electron chi connectivity index (χ3n) is 1.89. The van der Waals surface area contributed by atoms with Crippen LogP contribution in [-0.2, 0) is 4.79 Å². The van der Waals surface area contributed by atoms with Crippen LogP contribution in [0.5, 0.6) is 0 Å². The summed E-state index contributed by atoms with van der Waals surface area (Å²) < 4.78 is 0. The quantitative estimate of drug-likeness (QED) is 0.547. The first-order valence-corrected chi connectivity index (χ1v) is 4.12. The number of hydrogen-bond acceptors (Lipinski definition) is 2. The van der Waals surface area contributed by atoms with Crippen molar-refractivity contribution in [2.24, 2.45) is 0 Å². The lowest BCUT2D eigenvalue weighted by Gasteiger charge is -1.97. The number of nitrogens with one attached hydrogen (secondary N) is 1. The highest BCUT2D eigenvalue weighted by Crippen LogP contribution is 2.03. The van der Waals surface area contributed by atoms with Crippen LogP contribution in [0.1, 0.15) is 32.1 Å². The summed E-state index contributed by atoms with van der Waals surface area (Å²) in [7, 11) is 0. The third kappa shape index (κ3) is 2.97. The van der Waals surface area contributed by atoms with Crippen molar-refractivity contribution in [3.8, 4) is 0 Å². The Morgan fingerprint density at radius 3 is 2.80 bits per heavy atom. The highest BCUT2D eigenvalue weighted by molar-refractivity contribution is 5.78. The average molecular weight is 141 g/mol. The lowest BCUT2D eigenvalue weighted by Crippen LogP contribution is -2.17. The van der Waals surface area contributed by atoms with Crippen LogP contribution in [0.3, 0.4) is 0 Å². The molecule has 58 valence electrons. The lowest BCUT2D eigenvalue weighted by atomic mass is 10.1. The second-order valence-electron chi connectivity index (χ2n) is 2.85. The molecule has 1 aliphatic rings. The number of Topliss-reactive ketones (excluding diaryl/α,β-unsaturated/α-hetero) is 1. The van der Waals surface area contributed by atoms with E-state index in [1.807, 2.05) is 0 Å². The van der Waals surface area contributed by atoms with Crippen molar-refractivity contribution in [3.05, 3.63) is 0 Å². The van der Waals surface area contributed by atoms with Crippen LogP contribution < -0.4 is 5.32 Å². The zero-order valence-electron chi connectivity index (χ0n) is 6.36. The Morgan fingerprint density at radius 2 is 1.90 bits per heavy atom. The molecular formula is C8H15NO. The van der Waals surface area contributed by atoms with Gasteiger partial charge in [-0.15, -0.1) is 0 Å². The third-order valence-corrected chi connectivity index (χ3v) is 1.89. The zero-order chi connectivity index (χ0) is 7.23. The minimum Gasteiger partial charge on any atom is -0.316 e. The van der Waals surface area contributed by atoms with Crippen LogP contribution in [0.15, 0.2) is 0 Å². The summed E-state index contributed by atoms with van der Waals surface area (Å²) in [6.45, 7) is 1.98. The Morgan fingerprint density at radius 1 is 1.00 bits per heavy atom. The molecule has 0 unspecified atom stereocenters. The molecule has 1 fully saturated rings. The maximum atomic E-state index is 10.9. The first-order chi connectivity index (χ1) is 4.89. The second kappa shape index (κ2) is 4.45. The van der Waals surface area contributed by atoms with Gasteiger partial charge in [0.2, 0.25) is 0 Å². The van der Waals surface area contributed by atoms with Gasteiger partial charge in [-0.1, -0.05) is 6.42 Å². The van der Waals surface area contributed by atoms with Crippen molar-refractivity contribution < 1.29 is 4.79 Å². The topological polar surface area (TPSA) is 29.1 Å². The summed E-state index contributed by atoms with van der Waals surface area (Å²) in [4.78, 5) is 10.9. The molecule has 0 saturated carbocycles. The molecule has 0 atom stereocenters. The summed E-state index contributed by atoms with van der Waals surface area (Å²) in [5, 5.41) is 3.24. The van der Waals surface area contributed by atoms with Crippen molar-refractivity contribution in [3.63, 3.8) is 0 Å². The number of hydrogen-bond donors (Lipinski definition) is 1. The van der Waals surface area contributed by atoms with Gasteiger partial charge in [-0.3, -0.25) is 4.79 Å². The second-order valence-corrected chi connectivity index (χ2v) is 2.85. The molecule has 2 nitrogen and oxygen atoms in total. The van der Waals surface area contributed by atoms with Crippen LogP contribution in [0.4, 0.5) is 0 Å². The fraction of sp³-hybridized carbons (Fsp3) is 0.875. The molecule has 0 radical (unpaired) electrons. The van der Waals surface area contributed by atoms with Gasteiger partial charge in [-0.2, -0.15) is 0 Å². The Balaban J connectivity index is 2.21.